The van der Waals surface area contributed by atoms with Crippen LogP contribution in [0.15, 0.2) is 18.2 Å². The summed E-state index contributed by atoms with van der Waals surface area (Å²) in [6, 6.07) is 4.64. The van der Waals surface area contributed by atoms with Crippen molar-refractivity contribution in [3.8, 4) is 0 Å². The monoisotopic (exact) mass is 244 g/mol. The molecule has 2 nitrogen and oxygen atoms in total. The van der Waals surface area contributed by atoms with E-state index in [1.165, 1.54) is 6.07 Å². The predicted molar refractivity (Wildman–Crippen MR) is 60.1 cm³/mol. The van der Waals surface area contributed by atoms with E-state index in [-0.39, 0.29) is 11.1 Å². The summed E-state index contributed by atoms with van der Waals surface area (Å²) >= 11 is 5.85. The third kappa shape index (κ3) is 2.08. The topological polar surface area (TPSA) is 29.5 Å². The summed E-state index contributed by atoms with van der Waals surface area (Å²) in [4.78, 5) is 0. The van der Waals surface area contributed by atoms with Crippen molar-refractivity contribution < 1.29 is 14.2 Å². The first-order chi connectivity index (χ1) is 7.53. The summed E-state index contributed by atoms with van der Waals surface area (Å²) in [5.41, 5.74) is -0.307. The van der Waals surface area contributed by atoms with Gasteiger partial charge in [0, 0.05) is 19.4 Å². The second-order valence-corrected chi connectivity index (χ2v) is 4.63. The average Bonchev–Trinajstić information content (AvgIpc) is 2.55. The van der Waals surface area contributed by atoms with Gasteiger partial charge in [-0.25, -0.2) is 4.39 Å². The number of halogens is 2. The van der Waals surface area contributed by atoms with Gasteiger partial charge in [0.25, 0.3) is 0 Å². The second kappa shape index (κ2) is 4.32. The minimum atomic E-state index is -0.933. The van der Waals surface area contributed by atoms with Crippen LogP contribution in [0.3, 0.4) is 0 Å². The first-order valence-electron chi connectivity index (χ1n) is 5.30. The predicted octanol–water partition coefficient (Wildman–Crippen LogP) is 2.56. The Morgan fingerprint density at radius 1 is 1.62 bits per heavy atom. The molecule has 0 radical (unpaired) electrons. The maximum Gasteiger partial charge on any atom is 0.142 e. The van der Waals surface area contributed by atoms with E-state index in [1.807, 2.05) is 6.92 Å². The van der Waals surface area contributed by atoms with Gasteiger partial charge in [-0.2, -0.15) is 0 Å². The fourth-order valence-electron chi connectivity index (χ4n) is 2.02. The van der Waals surface area contributed by atoms with Crippen LogP contribution >= 0.6 is 11.6 Å². The fourth-order valence-corrected chi connectivity index (χ4v) is 2.21. The van der Waals surface area contributed by atoms with Crippen molar-refractivity contribution in [1.29, 1.82) is 0 Å². The zero-order valence-electron chi connectivity index (χ0n) is 9.04. The molecule has 0 spiro atoms. The lowest BCUT2D eigenvalue weighted by Crippen LogP contribution is -2.38. The van der Waals surface area contributed by atoms with Crippen molar-refractivity contribution in [3.63, 3.8) is 0 Å². The zero-order valence-corrected chi connectivity index (χ0v) is 9.80. The van der Waals surface area contributed by atoms with E-state index in [1.54, 1.807) is 12.1 Å². The Labute approximate surface area is 99.0 Å². The molecule has 1 heterocycles. The van der Waals surface area contributed by atoms with Crippen LogP contribution in [-0.4, -0.2) is 23.4 Å². The maximum absolute atomic E-state index is 13.2. The fraction of sp³-hybridized carbons (Fsp3) is 0.500. The van der Waals surface area contributed by atoms with E-state index in [0.29, 0.717) is 25.0 Å². The van der Waals surface area contributed by atoms with E-state index < -0.39 is 11.4 Å². The third-order valence-corrected chi connectivity index (χ3v) is 3.61. The Kier molecular flexibility index (Phi) is 3.19. The van der Waals surface area contributed by atoms with Crippen molar-refractivity contribution in [2.75, 3.05) is 6.61 Å². The molecule has 0 bridgehead atoms. The van der Waals surface area contributed by atoms with Gasteiger partial charge in [-0.3, -0.25) is 0 Å². The van der Waals surface area contributed by atoms with E-state index in [9.17, 15) is 9.50 Å². The van der Waals surface area contributed by atoms with Crippen LogP contribution in [0, 0.1) is 5.82 Å². The Morgan fingerprint density at radius 3 is 3.00 bits per heavy atom. The molecule has 1 aliphatic heterocycles. The smallest absolute Gasteiger partial charge is 0.142 e. The van der Waals surface area contributed by atoms with E-state index >= 15 is 0 Å². The van der Waals surface area contributed by atoms with E-state index in [0.717, 1.165) is 0 Å². The molecular formula is C12H14ClFO2. The Morgan fingerprint density at radius 2 is 2.38 bits per heavy atom. The summed E-state index contributed by atoms with van der Waals surface area (Å²) < 4.78 is 18.6. The summed E-state index contributed by atoms with van der Waals surface area (Å²) in [6.07, 6.45) is 0.637. The van der Waals surface area contributed by atoms with E-state index in [4.69, 9.17) is 16.3 Å². The Bertz CT molecular complexity index is 397. The zero-order chi connectivity index (χ0) is 11.8. The molecule has 0 aromatic heterocycles. The highest BCUT2D eigenvalue weighted by atomic mass is 35.5. The minimum Gasteiger partial charge on any atom is -0.387 e. The number of hydrogen-bond acceptors (Lipinski definition) is 2. The van der Waals surface area contributed by atoms with Crippen LogP contribution < -0.4 is 0 Å². The van der Waals surface area contributed by atoms with Crippen LogP contribution in [-0.2, 0) is 11.2 Å². The molecule has 1 aromatic carbocycles. The molecule has 1 saturated heterocycles. The molecule has 4 heteroatoms. The quantitative estimate of drug-likeness (QED) is 0.867. The van der Waals surface area contributed by atoms with Crippen LogP contribution in [0.4, 0.5) is 4.39 Å². The van der Waals surface area contributed by atoms with Crippen molar-refractivity contribution in [2.24, 2.45) is 0 Å². The summed E-state index contributed by atoms with van der Waals surface area (Å²) in [7, 11) is 0. The van der Waals surface area contributed by atoms with Crippen LogP contribution in [0.25, 0.3) is 0 Å². The molecule has 88 valence electrons. The molecule has 16 heavy (non-hydrogen) atoms. The van der Waals surface area contributed by atoms with Gasteiger partial charge >= 0.3 is 0 Å². The normalized spacial score (nSPS) is 29.6. The van der Waals surface area contributed by atoms with Crippen molar-refractivity contribution in [3.05, 3.63) is 34.6 Å². The van der Waals surface area contributed by atoms with Gasteiger partial charge in [0.15, 0.2) is 0 Å². The molecule has 2 unspecified atom stereocenters. The average molecular weight is 245 g/mol. The van der Waals surface area contributed by atoms with Gasteiger partial charge in [0.05, 0.1) is 16.7 Å². The number of rotatable bonds is 2. The molecule has 0 aliphatic carbocycles. The van der Waals surface area contributed by atoms with Gasteiger partial charge in [0.1, 0.15) is 5.82 Å². The Balaban J connectivity index is 2.24. The van der Waals surface area contributed by atoms with Gasteiger partial charge in [0.2, 0.25) is 0 Å². The maximum atomic E-state index is 13.2. The lowest BCUT2D eigenvalue weighted by atomic mass is 9.89. The van der Waals surface area contributed by atoms with E-state index in [2.05, 4.69) is 0 Å². The second-order valence-electron chi connectivity index (χ2n) is 4.26. The molecule has 1 aromatic rings. The summed E-state index contributed by atoms with van der Waals surface area (Å²) in [5, 5.41) is 10.4. The number of aliphatic hydroxyl groups is 1. The highest BCUT2D eigenvalue weighted by Gasteiger charge is 2.39. The summed E-state index contributed by atoms with van der Waals surface area (Å²) in [6.45, 7) is 2.35. The van der Waals surface area contributed by atoms with Gasteiger partial charge in [-0.15, -0.1) is 0 Å². The summed E-state index contributed by atoms with van der Waals surface area (Å²) in [5.74, 6) is -0.450. The highest BCUT2D eigenvalue weighted by molar-refractivity contribution is 6.31. The minimum absolute atomic E-state index is 0.0926. The van der Waals surface area contributed by atoms with Crippen LogP contribution in [0.2, 0.25) is 5.02 Å². The molecule has 0 saturated carbocycles. The number of hydrogen-bond donors (Lipinski definition) is 1. The molecule has 1 aliphatic rings. The molecule has 1 fully saturated rings. The van der Waals surface area contributed by atoms with Gasteiger partial charge in [-0.1, -0.05) is 23.7 Å². The molecule has 1 N–H and O–H groups in total. The first-order valence-corrected chi connectivity index (χ1v) is 5.67. The number of ether oxygens (including phenoxy) is 1. The molecule has 0 amide bonds. The van der Waals surface area contributed by atoms with Crippen molar-refractivity contribution in [1.82, 2.24) is 0 Å². The van der Waals surface area contributed by atoms with Crippen LogP contribution in [0.1, 0.15) is 18.9 Å². The lowest BCUT2D eigenvalue weighted by Gasteiger charge is -2.26. The number of benzene rings is 1. The van der Waals surface area contributed by atoms with Gasteiger partial charge in [-0.05, 0) is 18.6 Å². The SMILES string of the molecule is CC1OCCC1(O)Cc1cccc(F)c1Cl. The van der Waals surface area contributed by atoms with Crippen molar-refractivity contribution in [2.45, 2.75) is 31.5 Å². The lowest BCUT2D eigenvalue weighted by molar-refractivity contribution is -0.0269. The standard InChI is InChI=1S/C12H14ClFO2/c1-8-12(15,5-6-16-8)7-9-3-2-4-10(14)11(9)13/h2-4,8,15H,5-7H2,1H3. The van der Waals surface area contributed by atoms with Gasteiger partial charge < -0.3 is 9.84 Å². The molecule has 2 rings (SSSR count). The highest BCUT2D eigenvalue weighted by Crippen LogP contribution is 2.32. The van der Waals surface area contributed by atoms with Crippen molar-refractivity contribution >= 4 is 11.6 Å². The largest absolute Gasteiger partial charge is 0.387 e. The third-order valence-electron chi connectivity index (χ3n) is 3.19. The first kappa shape index (κ1) is 11.8. The Hall–Kier alpha value is -0.640. The molecule has 2 atom stereocenters. The molecular weight excluding hydrogens is 231 g/mol. The van der Waals surface area contributed by atoms with Crippen LogP contribution in [0.5, 0.6) is 0 Å².